The highest BCUT2D eigenvalue weighted by Gasteiger charge is 2.36. The molecular weight excluding hydrogens is 456 g/mol. The second-order valence-corrected chi connectivity index (χ2v) is 8.91. The van der Waals surface area contributed by atoms with E-state index in [1.807, 2.05) is 30.3 Å². The minimum Gasteiger partial charge on any atom is -0.493 e. The van der Waals surface area contributed by atoms with Crippen molar-refractivity contribution < 1.29 is 28.9 Å². The molecule has 0 radical (unpaired) electrons. The molecule has 0 bridgehead atoms. The standard InChI is InChI=1S/C25H26N2O6S/c1-16(24(29)30)33-20-11-10-17(13-21(20)31-2)14-22-23(28)27(15-19-9-6-12-32-19)25(34-22)26-18-7-4-3-5-8-18/h3-5,7-8,10-11,13-14,16,19H,6,9,12,15H2,1-2H3,(H,29,30)/b22-14-,26-25?/t16-,19-/m1/s1. The smallest absolute Gasteiger partial charge is 0.344 e. The summed E-state index contributed by atoms with van der Waals surface area (Å²) in [4.78, 5) is 31.4. The number of hydrogen-bond acceptors (Lipinski definition) is 7. The Hall–Kier alpha value is -3.30. The van der Waals surface area contributed by atoms with Crippen LogP contribution in [0, 0.1) is 0 Å². The Balaban J connectivity index is 1.61. The fourth-order valence-corrected chi connectivity index (χ4v) is 4.63. The Morgan fingerprint density at radius 2 is 2.09 bits per heavy atom. The molecule has 1 amide bonds. The Morgan fingerprint density at radius 3 is 2.76 bits per heavy atom. The van der Waals surface area contributed by atoms with Gasteiger partial charge in [0.05, 0.1) is 30.4 Å². The third kappa shape index (κ3) is 5.60. The lowest BCUT2D eigenvalue weighted by atomic mass is 10.1. The van der Waals surface area contributed by atoms with Crippen molar-refractivity contribution in [1.82, 2.24) is 4.90 Å². The molecule has 2 atom stereocenters. The van der Waals surface area contributed by atoms with E-state index in [0.29, 0.717) is 34.7 Å². The monoisotopic (exact) mass is 482 g/mol. The number of para-hydroxylation sites is 1. The highest BCUT2D eigenvalue weighted by Crippen LogP contribution is 2.36. The Morgan fingerprint density at radius 1 is 1.29 bits per heavy atom. The molecule has 0 unspecified atom stereocenters. The average molecular weight is 483 g/mol. The lowest BCUT2D eigenvalue weighted by Crippen LogP contribution is -2.36. The molecule has 2 heterocycles. The van der Waals surface area contributed by atoms with Crippen LogP contribution in [0.1, 0.15) is 25.3 Å². The largest absolute Gasteiger partial charge is 0.493 e. The third-order valence-electron chi connectivity index (χ3n) is 5.42. The molecule has 1 N–H and O–H groups in total. The van der Waals surface area contributed by atoms with Gasteiger partial charge >= 0.3 is 5.97 Å². The van der Waals surface area contributed by atoms with Crippen LogP contribution in [0.25, 0.3) is 6.08 Å². The van der Waals surface area contributed by atoms with E-state index in [4.69, 9.17) is 24.3 Å². The molecule has 0 aromatic heterocycles. The number of carboxylic acid groups (broad SMARTS) is 1. The maximum Gasteiger partial charge on any atom is 0.344 e. The van der Waals surface area contributed by atoms with Crippen LogP contribution in [0.3, 0.4) is 0 Å². The number of amidine groups is 1. The predicted octanol–water partition coefficient (Wildman–Crippen LogP) is 4.33. The number of aliphatic carboxylic acids is 1. The molecule has 2 aliphatic heterocycles. The number of nitrogens with zero attached hydrogens (tertiary/aromatic N) is 2. The van der Waals surface area contributed by atoms with Gasteiger partial charge in [-0.2, -0.15) is 0 Å². The molecular formula is C25H26N2O6S. The lowest BCUT2D eigenvalue weighted by molar-refractivity contribution is -0.144. The molecule has 2 saturated heterocycles. The first-order valence-corrected chi connectivity index (χ1v) is 11.8. The number of benzene rings is 2. The van der Waals surface area contributed by atoms with Crippen molar-refractivity contribution in [3.63, 3.8) is 0 Å². The zero-order valence-electron chi connectivity index (χ0n) is 19.0. The van der Waals surface area contributed by atoms with Crippen molar-refractivity contribution in [3.05, 3.63) is 59.0 Å². The number of amides is 1. The molecule has 34 heavy (non-hydrogen) atoms. The second kappa shape index (κ2) is 10.8. The molecule has 4 rings (SSSR count). The summed E-state index contributed by atoms with van der Waals surface area (Å²) in [6.07, 6.45) is 2.66. The molecule has 0 saturated carbocycles. The number of ether oxygens (including phenoxy) is 3. The van der Waals surface area contributed by atoms with E-state index in [2.05, 4.69) is 0 Å². The zero-order chi connectivity index (χ0) is 24.1. The average Bonchev–Trinajstić information content (AvgIpc) is 3.45. The molecule has 2 aromatic carbocycles. The van der Waals surface area contributed by atoms with Crippen molar-refractivity contribution in [3.8, 4) is 11.5 Å². The number of thioether (sulfide) groups is 1. The minimum absolute atomic E-state index is 0.00220. The van der Waals surface area contributed by atoms with Crippen LogP contribution in [0.15, 0.2) is 58.4 Å². The van der Waals surface area contributed by atoms with Crippen molar-refractivity contribution in [2.24, 2.45) is 4.99 Å². The molecule has 2 fully saturated rings. The van der Waals surface area contributed by atoms with Crippen LogP contribution < -0.4 is 9.47 Å². The van der Waals surface area contributed by atoms with Crippen molar-refractivity contribution in [2.75, 3.05) is 20.3 Å². The van der Waals surface area contributed by atoms with Crippen molar-refractivity contribution in [1.29, 1.82) is 0 Å². The number of carbonyl (C=O) groups is 2. The maximum atomic E-state index is 13.3. The quantitative estimate of drug-likeness (QED) is 0.559. The first-order chi connectivity index (χ1) is 16.4. The summed E-state index contributed by atoms with van der Waals surface area (Å²) in [6, 6.07) is 14.6. The Labute approximate surface area is 202 Å². The normalized spacial score (nSPS) is 21.3. The molecule has 178 valence electrons. The first-order valence-electron chi connectivity index (χ1n) is 11.0. The van der Waals surface area contributed by atoms with Crippen LogP contribution in [0.5, 0.6) is 11.5 Å². The van der Waals surface area contributed by atoms with Gasteiger partial charge in [0, 0.05) is 6.61 Å². The minimum atomic E-state index is -1.07. The fourth-order valence-electron chi connectivity index (χ4n) is 3.62. The number of rotatable bonds is 8. The molecule has 2 aliphatic rings. The van der Waals surface area contributed by atoms with E-state index in [9.17, 15) is 9.59 Å². The lowest BCUT2D eigenvalue weighted by Gasteiger charge is -2.19. The van der Waals surface area contributed by atoms with Crippen LogP contribution in [-0.4, -0.2) is 59.5 Å². The summed E-state index contributed by atoms with van der Waals surface area (Å²) < 4.78 is 16.6. The second-order valence-electron chi connectivity index (χ2n) is 7.90. The van der Waals surface area contributed by atoms with Gasteiger partial charge in [0.15, 0.2) is 22.8 Å². The van der Waals surface area contributed by atoms with Crippen LogP contribution in [0.4, 0.5) is 5.69 Å². The number of methoxy groups -OCH3 is 1. The van der Waals surface area contributed by atoms with E-state index in [0.717, 1.165) is 24.1 Å². The Kier molecular flexibility index (Phi) is 7.54. The highest BCUT2D eigenvalue weighted by molar-refractivity contribution is 8.18. The van der Waals surface area contributed by atoms with Gasteiger partial charge in [0.1, 0.15) is 0 Å². The van der Waals surface area contributed by atoms with Gasteiger partial charge in [0.2, 0.25) is 0 Å². The van der Waals surface area contributed by atoms with E-state index in [-0.39, 0.29) is 12.0 Å². The topological polar surface area (TPSA) is 97.7 Å². The predicted molar refractivity (Wildman–Crippen MR) is 131 cm³/mol. The maximum absolute atomic E-state index is 13.3. The zero-order valence-corrected chi connectivity index (χ0v) is 19.8. The number of aliphatic imine (C=N–C) groups is 1. The Bertz CT molecular complexity index is 1110. The van der Waals surface area contributed by atoms with Gasteiger partial charge in [-0.15, -0.1) is 0 Å². The van der Waals surface area contributed by atoms with Crippen molar-refractivity contribution in [2.45, 2.75) is 32.0 Å². The third-order valence-corrected chi connectivity index (χ3v) is 6.42. The van der Waals surface area contributed by atoms with Gasteiger partial charge in [0.25, 0.3) is 5.91 Å². The highest BCUT2D eigenvalue weighted by atomic mass is 32.2. The van der Waals surface area contributed by atoms with E-state index in [1.165, 1.54) is 25.8 Å². The van der Waals surface area contributed by atoms with Gasteiger partial charge in [-0.05, 0) is 67.4 Å². The molecule has 8 nitrogen and oxygen atoms in total. The van der Waals surface area contributed by atoms with Gasteiger partial charge < -0.3 is 19.3 Å². The number of hydrogen-bond donors (Lipinski definition) is 1. The van der Waals surface area contributed by atoms with Crippen molar-refractivity contribution >= 4 is 40.6 Å². The molecule has 9 heteroatoms. The van der Waals surface area contributed by atoms with Crippen LogP contribution >= 0.6 is 11.8 Å². The SMILES string of the molecule is COc1cc(/C=C2\SC(=Nc3ccccc3)N(C[C@H]3CCCO3)C2=O)ccc1O[C@H](C)C(=O)O. The van der Waals surface area contributed by atoms with Gasteiger partial charge in [-0.25, -0.2) is 9.79 Å². The van der Waals surface area contributed by atoms with Crippen LogP contribution in [-0.2, 0) is 14.3 Å². The summed E-state index contributed by atoms with van der Waals surface area (Å²) >= 11 is 1.31. The van der Waals surface area contributed by atoms with Crippen LogP contribution in [0.2, 0.25) is 0 Å². The van der Waals surface area contributed by atoms with Gasteiger partial charge in [-0.3, -0.25) is 9.69 Å². The first kappa shape index (κ1) is 23.8. The number of carbonyl (C=O) groups excluding carboxylic acids is 1. The summed E-state index contributed by atoms with van der Waals surface area (Å²) in [5.41, 5.74) is 1.49. The summed E-state index contributed by atoms with van der Waals surface area (Å²) in [7, 11) is 1.48. The van der Waals surface area contributed by atoms with E-state index >= 15 is 0 Å². The number of carboxylic acids is 1. The summed E-state index contributed by atoms with van der Waals surface area (Å²) in [5, 5.41) is 9.71. The van der Waals surface area contributed by atoms with E-state index in [1.54, 1.807) is 29.2 Å². The molecule has 0 aliphatic carbocycles. The molecule has 2 aromatic rings. The molecule has 0 spiro atoms. The van der Waals surface area contributed by atoms with E-state index < -0.39 is 12.1 Å². The summed E-state index contributed by atoms with van der Waals surface area (Å²) in [5.74, 6) is -0.504. The fraction of sp³-hybridized carbons (Fsp3) is 0.320. The van der Waals surface area contributed by atoms with Gasteiger partial charge in [-0.1, -0.05) is 24.3 Å². The summed E-state index contributed by atoms with van der Waals surface area (Å²) in [6.45, 7) is 2.61.